The topological polar surface area (TPSA) is 45.7 Å². The van der Waals surface area contributed by atoms with Gasteiger partial charge in [-0.15, -0.1) is 0 Å². The molecule has 5 nitrogen and oxygen atoms in total. The smallest absolute Gasteiger partial charge is 0.341 e. The van der Waals surface area contributed by atoms with E-state index in [-0.39, 0.29) is 5.97 Å². The fourth-order valence-electron chi connectivity index (χ4n) is 3.76. The lowest BCUT2D eigenvalue weighted by atomic mass is 9.98. The van der Waals surface area contributed by atoms with Crippen LogP contribution in [0.1, 0.15) is 56.3 Å². The minimum absolute atomic E-state index is 0.336. The van der Waals surface area contributed by atoms with E-state index >= 15 is 0 Å². The zero-order valence-corrected chi connectivity index (χ0v) is 17.4. The predicted molar refractivity (Wildman–Crippen MR) is 105 cm³/mol. The molecule has 1 atom stereocenters. The number of piperidine rings is 1. The lowest BCUT2D eigenvalue weighted by Crippen LogP contribution is -2.47. The Morgan fingerprint density at radius 1 is 1.44 bits per heavy atom. The van der Waals surface area contributed by atoms with Gasteiger partial charge in [0.25, 0.3) is 0 Å². The Bertz CT molecular complexity index is 574. The number of halogens is 1. The van der Waals surface area contributed by atoms with Crippen LogP contribution in [0.2, 0.25) is 0 Å². The first kappa shape index (κ1) is 20.2. The van der Waals surface area contributed by atoms with E-state index in [0.717, 1.165) is 36.2 Å². The van der Waals surface area contributed by atoms with Crippen LogP contribution in [0.4, 0.5) is 5.82 Å². The molecule has 140 valence electrons. The minimum atomic E-state index is -0.336. The highest BCUT2D eigenvalue weighted by Crippen LogP contribution is 2.27. The Balaban J connectivity index is 2.06. The number of nitrogens with zero attached hydrogens (tertiary/aromatic N) is 3. The maximum absolute atomic E-state index is 12.1. The van der Waals surface area contributed by atoms with Crippen LogP contribution < -0.4 is 4.90 Å². The molecule has 1 aromatic heterocycles. The average molecular weight is 412 g/mol. The fraction of sp³-hybridized carbons (Fsp3) is 0.684. The third-order valence-corrected chi connectivity index (χ3v) is 5.68. The second kappa shape index (κ2) is 9.53. The van der Waals surface area contributed by atoms with Gasteiger partial charge >= 0.3 is 5.97 Å². The first-order valence-electron chi connectivity index (χ1n) is 9.22. The van der Waals surface area contributed by atoms with Crippen molar-refractivity contribution in [3.63, 3.8) is 0 Å². The van der Waals surface area contributed by atoms with Crippen molar-refractivity contribution < 1.29 is 9.53 Å². The van der Waals surface area contributed by atoms with Gasteiger partial charge in [0.2, 0.25) is 0 Å². The summed E-state index contributed by atoms with van der Waals surface area (Å²) in [5.74, 6) is 0.397. The molecule has 0 aromatic carbocycles. The number of methoxy groups -OCH3 is 1. The van der Waals surface area contributed by atoms with Crippen LogP contribution >= 0.6 is 15.9 Å². The summed E-state index contributed by atoms with van der Waals surface area (Å²) in [6.07, 6.45) is 7.62. The van der Waals surface area contributed by atoms with Gasteiger partial charge < -0.3 is 14.5 Å². The number of aromatic nitrogens is 1. The maximum Gasteiger partial charge on any atom is 0.341 e. The number of carbonyl (C=O) groups excluding carboxylic acids is 1. The van der Waals surface area contributed by atoms with Crippen molar-refractivity contribution in [3.05, 3.63) is 22.3 Å². The first-order valence-corrected chi connectivity index (χ1v) is 10.0. The monoisotopic (exact) mass is 411 g/mol. The van der Waals surface area contributed by atoms with Crippen molar-refractivity contribution >= 4 is 27.7 Å². The van der Waals surface area contributed by atoms with Gasteiger partial charge in [-0.3, -0.25) is 0 Å². The van der Waals surface area contributed by atoms with Gasteiger partial charge in [0.05, 0.1) is 7.11 Å². The Morgan fingerprint density at radius 3 is 2.68 bits per heavy atom. The third kappa shape index (κ3) is 4.94. The number of hydrogen-bond acceptors (Lipinski definition) is 5. The van der Waals surface area contributed by atoms with Crippen molar-refractivity contribution in [2.24, 2.45) is 0 Å². The summed E-state index contributed by atoms with van der Waals surface area (Å²) in [6, 6.07) is 3.06. The zero-order chi connectivity index (χ0) is 18.4. The molecule has 0 amide bonds. The Morgan fingerprint density at radius 2 is 2.12 bits per heavy atom. The molecule has 1 saturated heterocycles. The lowest BCUT2D eigenvalue weighted by molar-refractivity contribution is 0.0600. The quantitative estimate of drug-likeness (QED) is 0.631. The molecule has 1 fully saturated rings. The summed E-state index contributed by atoms with van der Waals surface area (Å²) in [6.45, 7) is 6.36. The van der Waals surface area contributed by atoms with Crippen LogP contribution in [0.25, 0.3) is 0 Å². The summed E-state index contributed by atoms with van der Waals surface area (Å²) in [5.41, 5.74) is 0.529. The molecule has 2 heterocycles. The number of pyridine rings is 1. The van der Waals surface area contributed by atoms with Crippen LogP contribution in [0.5, 0.6) is 0 Å². The van der Waals surface area contributed by atoms with Crippen LogP contribution in [0, 0.1) is 0 Å². The second-order valence-corrected chi connectivity index (χ2v) is 7.67. The van der Waals surface area contributed by atoms with Crippen LogP contribution in [-0.2, 0) is 4.74 Å². The van der Waals surface area contributed by atoms with E-state index in [1.54, 1.807) is 12.3 Å². The van der Waals surface area contributed by atoms with Crippen LogP contribution in [0.3, 0.4) is 0 Å². The van der Waals surface area contributed by atoms with Crippen LogP contribution in [0.15, 0.2) is 16.7 Å². The first-order chi connectivity index (χ1) is 12.0. The minimum Gasteiger partial charge on any atom is -0.465 e. The fourth-order valence-corrected chi connectivity index (χ4v) is 4.09. The van der Waals surface area contributed by atoms with E-state index < -0.39 is 0 Å². The normalized spacial score (nSPS) is 17.0. The number of esters is 1. The Labute approximate surface area is 159 Å². The van der Waals surface area contributed by atoms with E-state index in [2.05, 4.69) is 51.6 Å². The van der Waals surface area contributed by atoms with E-state index in [1.807, 2.05) is 0 Å². The number of anilines is 1. The van der Waals surface area contributed by atoms with E-state index in [1.165, 1.54) is 26.4 Å². The average Bonchev–Trinajstić information content (AvgIpc) is 2.65. The molecule has 1 unspecified atom stereocenters. The van der Waals surface area contributed by atoms with Gasteiger partial charge in [0.1, 0.15) is 11.4 Å². The van der Waals surface area contributed by atoms with Gasteiger partial charge in [0, 0.05) is 35.8 Å². The summed E-state index contributed by atoms with van der Waals surface area (Å²) in [4.78, 5) is 21.3. The zero-order valence-electron chi connectivity index (χ0n) is 15.8. The summed E-state index contributed by atoms with van der Waals surface area (Å²) in [5, 5.41) is 0. The highest BCUT2D eigenvalue weighted by molar-refractivity contribution is 9.10. The molecule has 0 spiro atoms. The number of rotatable bonds is 7. The molecule has 0 radical (unpaired) electrons. The highest BCUT2D eigenvalue weighted by atomic mass is 79.9. The third-order valence-electron chi connectivity index (χ3n) is 5.25. The van der Waals surface area contributed by atoms with Gasteiger partial charge in [0.15, 0.2) is 0 Å². The molecule has 25 heavy (non-hydrogen) atoms. The predicted octanol–water partition coefficient (Wildman–Crippen LogP) is 4.11. The van der Waals surface area contributed by atoms with Crippen LogP contribution in [-0.4, -0.2) is 55.2 Å². The molecule has 1 aromatic rings. The molecule has 1 aliphatic rings. The molecule has 0 aliphatic carbocycles. The largest absolute Gasteiger partial charge is 0.465 e. The maximum atomic E-state index is 12.1. The molecule has 0 bridgehead atoms. The molecule has 2 rings (SSSR count). The molecule has 6 heteroatoms. The van der Waals surface area contributed by atoms with E-state index in [9.17, 15) is 4.79 Å². The molecular weight excluding hydrogens is 382 g/mol. The molecule has 0 saturated carbocycles. The van der Waals surface area contributed by atoms with Gasteiger partial charge in [-0.2, -0.15) is 0 Å². The van der Waals surface area contributed by atoms with Gasteiger partial charge in [-0.25, -0.2) is 9.78 Å². The van der Waals surface area contributed by atoms with Crippen molar-refractivity contribution in [2.75, 3.05) is 32.1 Å². The van der Waals surface area contributed by atoms with Crippen molar-refractivity contribution in [3.8, 4) is 0 Å². The molecule has 0 N–H and O–H groups in total. The molecular formula is C19H30BrN3O2. The van der Waals surface area contributed by atoms with Gasteiger partial charge in [-0.1, -0.05) is 20.3 Å². The standard InChI is InChI=1S/C19H30BrN3O2/c1-5-7-15(6-2)22(3)16-8-10-23(11-9-16)18-17(19(24)25-4)12-14(20)13-21-18/h12-13,15-16H,5-11H2,1-4H3. The lowest BCUT2D eigenvalue weighted by Gasteiger charge is -2.41. The van der Waals surface area contributed by atoms with E-state index in [0.29, 0.717) is 17.6 Å². The summed E-state index contributed by atoms with van der Waals surface area (Å²) < 4.78 is 5.71. The van der Waals surface area contributed by atoms with Crippen molar-refractivity contribution in [1.82, 2.24) is 9.88 Å². The SMILES string of the molecule is CCCC(CC)N(C)C1CCN(c2ncc(Br)cc2C(=O)OC)CC1. The number of hydrogen-bond donors (Lipinski definition) is 0. The summed E-state index contributed by atoms with van der Waals surface area (Å²) in [7, 11) is 3.68. The molecule has 1 aliphatic heterocycles. The highest BCUT2D eigenvalue weighted by Gasteiger charge is 2.28. The Kier molecular flexibility index (Phi) is 7.69. The second-order valence-electron chi connectivity index (χ2n) is 6.75. The summed E-state index contributed by atoms with van der Waals surface area (Å²) >= 11 is 3.39. The Hall–Kier alpha value is -1.14. The number of carbonyl (C=O) groups is 1. The van der Waals surface area contributed by atoms with E-state index in [4.69, 9.17) is 4.74 Å². The number of ether oxygens (including phenoxy) is 1. The van der Waals surface area contributed by atoms with Crippen molar-refractivity contribution in [1.29, 1.82) is 0 Å². The van der Waals surface area contributed by atoms with Crippen molar-refractivity contribution in [2.45, 2.75) is 58.0 Å². The van der Waals surface area contributed by atoms with Gasteiger partial charge in [-0.05, 0) is 54.7 Å².